The summed E-state index contributed by atoms with van der Waals surface area (Å²) in [5, 5.41) is 13.8. The van der Waals surface area contributed by atoms with Crippen molar-refractivity contribution in [1.82, 2.24) is 15.0 Å². The van der Waals surface area contributed by atoms with Gasteiger partial charge in [0, 0.05) is 13.6 Å². The second-order valence-corrected chi connectivity index (χ2v) is 9.87. The molecule has 0 aliphatic rings. The molecule has 184 valence electrons. The van der Waals surface area contributed by atoms with E-state index in [0.717, 1.165) is 17.5 Å². The van der Waals surface area contributed by atoms with Crippen molar-refractivity contribution in [3.63, 3.8) is 0 Å². The summed E-state index contributed by atoms with van der Waals surface area (Å²) in [6.45, 7) is 7.21. The third-order valence-corrected chi connectivity index (χ3v) is 5.78. The zero-order valence-electron chi connectivity index (χ0n) is 21.6. The smallest absolute Gasteiger partial charge is 0.262 e. The van der Waals surface area contributed by atoms with E-state index in [0.29, 0.717) is 19.4 Å². The number of nitroso groups, excluding NO2 is 3. The summed E-state index contributed by atoms with van der Waals surface area (Å²) in [6, 6.07) is 18.7. The Bertz CT molecular complexity index is 882. The van der Waals surface area contributed by atoms with Gasteiger partial charge in [0.1, 0.15) is 0 Å². The summed E-state index contributed by atoms with van der Waals surface area (Å²) in [5.74, 6) is 0. The van der Waals surface area contributed by atoms with E-state index in [1.165, 1.54) is 15.0 Å². The molecule has 0 aromatic heterocycles. The molecule has 0 saturated heterocycles. The number of rotatable bonds is 15. The van der Waals surface area contributed by atoms with Crippen LogP contribution in [0.3, 0.4) is 0 Å². The molecule has 9 nitrogen and oxygen atoms in total. The van der Waals surface area contributed by atoms with Crippen molar-refractivity contribution < 1.29 is 29.6 Å². The monoisotopic (exact) mass is 491 g/mol. The van der Waals surface area contributed by atoms with Crippen molar-refractivity contribution >= 4 is 0 Å². The van der Waals surface area contributed by atoms with Gasteiger partial charge in [0.25, 0.3) is 0 Å². The molecule has 0 aliphatic heterocycles. The average Bonchev–Trinajstić information content (AvgIpc) is 2.82. The van der Waals surface area contributed by atoms with E-state index in [-0.39, 0.29) is 54.1 Å². The first-order valence-electron chi connectivity index (χ1n) is 11.6. The van der Waals surface area contributed by atoms with Crippen LogP contribution in [0, 0.1) is 20.1 Å². The van der Waals surface area contributed by atoms with Gasteiger partial charge in [-0.05, 0) is 35.8 Å². The predicted molar refractivity (Wildman–Crippen MR) is 135 cm³/mol. The molecule has 0 fully saturated rings. The Labute approximate surface area is 230 Å². The summed E-state index contributed by atoms with van der Waals surface area (Å²) < 4.78 is 0. The first-order valence-corrected chi connectivity index (χ1v) is 11.6. The van der Waals surface area contributed by atoms with Gasteiger partial charge in [0.05, 0.1) is 41.0 Å². The zero-order chi connectivity index (χ0) is 25.0. The van der Waals surface area contributed by atoms with E-state index in [2.05, 4.69) is 36.6 Å². The Hall–Kier alpha value is -2.36. The maximum absolute atomic E-state index is 12.0. The fraction of sp³-hybridized carbons (Fsp3) is 0.520. The third kappa shape index (κ3) is 11.3. The molecule has 0 radical (unpaired) electrons. The van der Waals surface area contributed by atoms with Crippen LogP contribution in [0.15, 0.2) is 76.5 Å². The van der Waals surface area contributed by atoms with Gasteiger partial charge in [-0.3, -0.25) is 15.0 Å². The van der Waals surface area contributed by atoms with Crippen molar-refractivity contribution in [2.45, 2.75) is 52.1 Å². The summed E-state index contributed by atoms with van der Waals surface area (Å²) in [5.41, 5.74) is 2.07. The maximum atomic E-state index is 12.0. The van der Waals surface area contributed by atoms with Gasteiger partial charge in [-0.2, -0.15) is 0 Å². The number of likely N-dealkylation sites (N-methyl/N-ethyl adjacent to an activating group) is 1. The molecular weight excluding hydrogens is 455 g/mol. The number of benzene rings is 2. The Kier molecular flexibility index (Phi) is 13.7. The minimum atomic E-state index is -0.406. The fourth-order valence-corrected chi connectivity index (χ4v) is 3.84. The summed E-state index contributed by atoms with van der Waals surface area (Å²) in [7, 11) is 1.57. The largest absolute Gasteiger partial charge is 1.00 e. The summed E-state index contributed by atoms with van der Waals surface area (Å²) in [4.78, 5) is 35.0. The van der Waals surface area contributed by atoms with Crippen molar-refractivity contribution in [3.05, 3.63) is 86.5 Å². The van der Waals surface area contributed by atoms with Crippen LogP contribution in [-0.4, -0.2) is 53.8 Å². The second-order valence-electron chi connectivity index (χ2n) is 9.87. The van der Waals surface area contributed by atoms with Gasteiger partial charge in [-0.1, -0.05) is 81.4 Å². The normalized spacial score (nSPS) is 12.6. The molecule has 10 heteroatoms. The van der Waals surface area contributed by atoms with Crippen molar-refractivity contribution in [1.29, 1.82) is 0 Å². The minimum Gasteiger partial charge on any atom is -0.262 e. The third-order valence-electron chi connectivity index (χ3n) is 5.78. The maximum Gasteiger partial charge on any atom is 1.00 e. The standard InChI is InChI=1S/C25H36N6O3.Na/c1-25(2,3)15-16-30(27-33)24(18-22-13-9-6-10-14-22)20-31(28-34)23(19-29(4)26-32)17-21-11-7-5-8-12-21;/h5-14,23-24H,15-20H2,1-4H3;/q;+1/t23-,24-;/m0./s1. The quantitative estimate of drug-likeness (QED) is 0.215. The number of nitrogens with zero attached hydrogens (tertiary/aromatic N) is 6. The molecule has 0 aliphatic carbocycles. The van der Waals surface area contributed by atoms with Crippen LogP contribution >= 0.6 is 0 Å². The van der Waals surface area contributed by atoms with Crippen LogP contribution in [0.1, 0.15) is 38.3 Å². The molecule has 2 aromatic carbocycles. The van der Waals surface area contributed by atoms with Gasteiger partial charge < -0.3 is 0 Å². The Morgan fingerprint density at radius 1 is 0.714 bits per heavy atom. The molecule has 0 heterocycles. The van der Waals surface area contributed by atoms with Crippen LogP contribution in [0.4, 0.5) is 0 Å². The van der Waals surface area contributed by atoms with E-state index in [1.807, 2.05) is 60.7 Å². The van der Waals surface area contributed by atoms with Crippen LogP contribution in [0.2, 0.25) is 0 Å². The van der Waals surface area contributed by atoms with Crippen LogP contribution in [0.25, 0.3) is 0 Å². The average molecular weight is 492 g/mol. The molecular formula is C25H36N6NaO3+. The Balaban J connectivity index is 0.00000612. The molecule has 2 atom stereocenters. The number of hydrogen-bond donors (Lipinski definition) is 0. The van der Waals surface area contributed by atoms with Gasteiger partial charge in [0.15, 0.2) is 0 Å². The molecule has 35 heavy (non-hydrogen) atoms. The van der Waals surface area contributed by atoms with E-state index >= 15 is 0 Å². The van der Waals surface area contributed by atoms with Crippen molar-refractivity contribution in [2.75, 3.05) is 26.7 Å². The molecule has 0 bridgehead atoms. The van der Waals surface area contributed by atoms with Crippen LogP contribution in [0.5, 0.6) is 0 Å². The minimum absolute atomic E-state index is 0. The van der Waals surface area contributed by atoms with Crippen molar-refractivity contribution in [3.8, 4) is 0 Å². The molecule has 0 N–H and O–H groups in total. The van der Waals surface area contributed by atoms with Crippen LogP contribution < -0.4 is 29.6 Å². The zero-order valence-corrected chi connectivity index (χ0v) is 23.6. The van der Waals surface area contributed by atoms with Gasteiger partial charge >= 0.3 is 29.6 Å². The first-order chi connectivity index (χ1) is 16.3. The second kappa shape index (κ2) is 15.6. The van der Waals surface area contributed by atoms with Gasteiger partial charge in [-0.15, -0.1) is 14.7 Å². The first kappa shape index (κ1) is 30.7. The molecule has 0 saturated carbocycles. The molecule has 2 aromatic rings. The molecule has 0 unspecified atom stereocenters. The van der Waals surface area contributed by atoms with Crippen LogP contribution in [-0.2, 0) is 12.8 Å². The van der Waals surface area contributed by atoms with E-state index in [9.17, 15) is 14.7 Å². The van der Waals surface area contributed by atoms with E-state index in [4.69, 9.17) is 0 Å². The summed E-state index contributed by atoms with van der Waals surface area (Å²) in [6.07, 6.45) is 1.80. The van der Waals surface area contributed by atoms with E-state index < -0.39 is 6.04 Å². The molecule has 0 spiro atoms. The van der Waals surface area contributed by atoms with E-state index in [1.54, 1.807) is 7.05 Å². The van der Waals surface area contributed by atoms with Crippen molar-refractivity contribution in [2.24, 2.45) is 21.3 Å². The Morgan fingerprint density at radius 2 is 1.17 bits per heavy atom. The van der Waals surface area contributed by atoms with Gasteiger partial charge in [0.2, 0.25) is 0 Å². The van der Waals surface area contributed by atoms with Gasteiger partial charge in [-0.25, -0.2) is 0 Å². The Morgan fingerprint density at radius 3 is 1.57 bits per heavy atom. The fourth-order valence-electron chi connectivity index (χ4n) is 3.84. The summed E-state index contributed by atoms with van der Waals surface area (Å²) >= 11 is 0. The molecule has 2 rings (SSSR count). The SMILES string of the molecule is CN(C[C@H](Cc1ccccc1)N(C[C@H](Cc1ccccc1)N(CCC(C)(C)C)N=O)N=O)N=O.[Na+]. The predicted octanol–water partition coefficient (Wildman–Crippen LogP) is 2.23. The number of hydrogen-bond acceptors (Lipinski definition) is 6. The molecule has 0 amide bonds. The topological polar surface area (TPSA) is 98.0 Å².